The topological polar surface area (TPSA) is 51.3 Å². The fourth-order valence-corrected chi connectivity index (χ4v) is 6.59. The van der Waals surface area contributed by atoms with E-state index in [1.165, 1.54) is 0 Å². The van der Waals surface area contributed by atoms with Crippen LogP contribution in [0.25, 0.3) is 44.4 Å². The van der Waals surface area contributed by atoms with Crippen molar-refractivity contribution in [2.24, 2.45) is 7.05 Å². The second kappa shape index (κ2) is 7.32. The molecular weight excluding hydrogens is 483 g/mol. The van der Waals surface area contributed by atoms with E-state index in [0.717, 1.165) is 89.3 Å². The van der Waals surface area contributed by atoms with Gasteiger partial charge < -0.3 is 13.9 Å². The maximum atomic E-state index is 6.71. The highest BCUT2D eigenvalue weighted by Gasteiger charge is 2.41. The Bertz CT molecular complexity index is 2170. The molecule has 4 heterocycles. The van der Waals surface area contributed by atoms with Gasteiger partial charge in [-0.2, -0.15) is 0 Å². The van der Waals surface area contributed by atoms with Gasteiger partial charge in [-0.25, -0.2) is 9.55 Å². The maximum Gasteiger partial charge on any atom is 0.291 e. The number of nitrogens with zero attached hydrogens (tertiary/aromatic N) is 1. The third kappa shape index (κ3) is 2.68. The predicted octanol–water partition coefficient (Wildman–Crippen LogP) is 5.59. The van der Waals surface area contributed by atoms with Crippen molar-refractivity contribution in [2.75, 3.05) is 0 Å². The Balaban J connectivity index is 1.35. The molecule has 39 heavy (non-hydrogen) atoms. The molecule has 0 saturated heterocycles. The molecule has 2 aliphatic heterocycles. The van der Waals surface area contributed by atoms with E-state index in [0.29, 0.717) is 0 Å². The van der Waals surface area contributed by atoms with Gasteiger partial charge in [-0.3, -0.25) is 0 Å². The van der Waals surface area contributed by atoms with Gasteiger partial charge in [0.15, 0.2) is 16.6 Å². The summed E-state index contributed by atoms with van der Waals surface area (Å²) in [6.45, 7) is 2.16. The first-order valence-corrected chi connectivity index (χ1v) is 13.2. The Kier molecular flexibility index (Phi) is 3.95. The van der Waals surface area contributed by atoms with Gasteiger partial charge in [0.1, 0.15) is 34.1 Å². The number of aryl methyl sites for hydroxylation is 2. The summed E-state index contributed by atoms with van der Waals surface area (Å²) in [6.07, 6.45) is 0. The van der Waals surface area contributed by atoms with Crippen LogP contribution < -0.4 is 30.4 Å². The third-order valence-electron chi connectivity index (χ3n) is 8.38. The normalized spacial score (nSPS) is 13.2. The Labute approximate surface area is 224 Å². The number of fused-ring (bicyclic) bond motifs is 9. The summed E-state index contributed by atoms with van der Waals surface area (Å²) >= 11 is 0. The summed E-state index contributed by atoms with van der Waals surface area (Å²) < 4.78 is 21.9. The van der Waals surface area contributed by atoms with Gasteiger partial charge >= 0.3 is 0 Å². The fourth-order valence-electron chi connectivity index (χ4n) is 6.59. The zero-order chi connectivity index (χ0) is 25.8. The highest BCUT2D eigenvalue weighted by atomic mass is 16.5. The second-order valence-electron chi connectivity index (χ2n) is 10.5. The molecule has 0 radical (unpaired) electrons. The fraction of sp³-hybridized carbons (Fsp3) is 0.0606. The monoisotopic (exact) mass is 505 g/mol. The van der Waals surface area contributed by atoms with E-state index in [-0.39, 0.29) is 6.71 Å². The van der Waals surface area contributed by atoms with Crippen LogP contribution in [-0.4, -0.2) is 11.7 Å². The SMILES string of the molecule is Cc1ccc2c(oc3ccc4c(c32)Oc2cccc3c2B4c2ccccc2O3)c1-c1[nH]c2ccccc2[n+]1C. The molecule has 0 aliphatic carbocycles. The zero-order valence-corrected chi connectivity index (χ0v) is 21.4. The molecule has 9 rings (SSSR count). The number of para-hydroxylation sites is 3. The van der Waals surface area contributed by atoms with Crippen molar-refractivity contribution in [2.45, 2.75) is 6.92 Å². The average Bonchev–Trinajstić information content (AvgIpc) is 3.50. The molecule has 2 aromatic heterocycles. The molecular formula is C33H22BN2O3+. The van der Waals surface area contributed by atoms with Crippen molar-refractivity contribution >= 4 is 56.1 Å². The van der Waals surface area contributed by atoms with Crippen molar-refractivity contribution in [1.82, 2.24) is 4.98 Å². The number of ether oxygens (including phenoxy) is 2. The quantitative estimate of drug-likeness (QED) is 0.234. The minimum atomic E-state index is 0.0238. The molecule has 5 aromatic carbocycles. The van der Waals surface area contributed by atoms with Gasteiger partial charge in [0.05, 0.1) is 12.4 Å². The number of nitrogens with one attached hydrogen (secondary N) is 1. The summed E-state index contributed by atoms with van der Waals surface area (Å²) in [5.74, 6) is 4.44. The number of imidazole rings is 1. The van der Waals surface area contributed by atoms with Gasteiger partial charge in [-0.05, 0) is 59.8 Å². The molecule has 7 aromatic rings. The number of aromatic amines is 1. The van der Waals surface area contributed by atoms with E-state index in [2.05, 4.69) is 84.2 Å². The summed E-state index contributed by atoms with van der Waals surface area (Å²) in [5, 5.41) is 2.04. The van der Waals surface area contributed by atoms with E-state index in [4.69, 9.17) is 13.9 Å². The Hall–Kier alpha value is -4.97. The maximum absolute atomic E-state index is 6.71. The molecule has 0 fully saturated rings. The summed E-state index contributed by atoms with van der Waals surface area (Å²) in [5.41, 5.74) is 9.47. The Morgan fingerprint density at radius 3 is 2.44 bits per heavy atom. The van der Waals surface area contributed by atoms with Gasteiger partial charge in [0, 0.05) is 10.8 Å². The van der Waals surface area contributed by atoms with Crippen LogP contribution >= 0.6 is 0 Å². The van der Waals surface area contributed by atoms with Gasteiger partial charge in [0.25, 0.3) is 12.5 Å². The number of benzene rings is 5. The number of H-pyrrole nitrogens is 1. The van der Waals surface area contributed by atoms with Crippen LogP contribution in [-0.2, 0) is 7.05 Å². The average molecular weight is 505 g/mol. The van der Waals surface area contributed by atoms with Crippen molar-refractivity contribution in [1.29, 1.82) is 0 Å². The smallest absolute Gasteiger partial charge is 0.291 e. The number of hydrogen-bond donors (Lipinski definition) is 1. The number of hydrogen-bond acceptors (Lipinski definition) is 3. The van der Waals surface area contributed by atoms with E-state index < -0.39 is 0 Å². The van der Waals surface area contributed by atoms with Crippen molar-refractivity contribution in [3.8, 4) is 34.4 Å². The summed E-state index contributed by atoms with van der Waals surface area (Å²) in [7, 11) is 2.09. The molecule has 6 heteroatoms. The molecule has 2 aliphatic rings. The minimum absolute atomic E-state index is 0.0238. The molecule has 0 saturated carbocycles. The number of aromatic nitrogens is 2. The molecule has 0 spiro atoms. The van der Waals surface area contributed by atoms with E-state index in [1.54, 1.807) is 0 Å². The lowest BCUT2D eigenvalue weighted by Gasteiger charge is -2.32. The van der Waals surface area contributed by atoms with Crippen LogP contribution in [0, 0.1) is 6.92 Å². The lowest BCUT2D eigenvalue weighted by atomic mass is 9.35. The molecule has 0 amide bonds. The molecule has 0 atom stereocenters. The highest BCUT2D eigenvalue weighted by molar-refractivity contribution is 6.98. The van der Waals surface area contributed by atoms with E-state index >= 15 is 0 Å². The van der Waals surface area contributed by atoms with Crippen molar-refractivity contribution in [3.63, 3.8) is 0 Å². The van der Waals surface area contributed by atoms with Crippen molar-refractivity contribution < 1.29 is 18.5 Å². The van der Waals surface area contributed by atoms with E-state index in [1.807, 2.05) is 30.3 Å². The van der Waals surface area contributed by atoms with Gasteiger partial charge in [-0.15, -0.1) is 0 Å². The Morgan fingerprint density at radius 1 is 0.744 bits per heavy atom. The first-order chi connectivity index (χ1) is 19.2. The van der Waals surface area contributed by atoms with E-state index in [9.17, 15) is 0 Å². The van der Waals surface area contributed by atoms with Crippen LogP contribution in [0.15, 0.2) is 95.4 Å². The molecule has 1 N–H and O–H groups in total. The van der Waals surface area contributed by atoms with Crippen LogP contribution in [0.3, 0.4) is 0 Å². The molecule has 0 unspecified atom stereocenters. The van der Waals surface area contributed by atoms with Gasteiger partial charge in [-0.1, -0.05) is 54.6 Å². The second-order valence-corrected chi connectivity index (χ2v) is 10.5. The zero-order valence-electron chi connectivity index (χ0n) is 21.4. The first kappa shape index (κ1) is 21.0. The first-order valence-electron chi connectivity index (χ1n) is 13.2. The Morgan fingerprint density at radius 2 is 1.54 bits per heavy atom. The molecule has 184 valence electrons. The lowest BCUT2D eigenvalue weighted by molar-refractivity contribution is -0.633. The number of furan rings is 1. The molecule has 0 bridgehead atoms. The van der Waals surface area contributed by atoms with Gasteiger partial charge in [0.2, 0.25) is 0 Å². The lowest BCUT2D eigenvalue weighted by Crippen LogP contribution is -2.57. The third-order valence-corrected chi connectivity index (χ3v) is 8.38. The summed E-state index contributed by atoms with van der Waals surface area (Å²) in [6, 6.07) is 31.3. The van der Waals surface area contributed by atoms with Crippen LogP contribution in [0.1, 0.15) is 5.56 Å². The van der Waals surface area contributed by atoms with Crippen LogP contribution in [0.4, 0.5) is 0 Å². The van der Waals surface area contributed by atoms with Crippen LogP contribution in [0.5, 0.6) is 23.0 Å². The summed E-state index contributed by atoms with van der Waals surface area (Å²) in [4.78, 5) is 3.63. The van der Waals surface area contributed by atoms with Crippen molar-refractivity contribution in [3.05, 3.63) is 96.6 Å². The molecule has 5 nitrogen and oxygen atoms in total. The standard InChI is InChI=1S/C33H21BN2O3/c1-18-14-15-19-29-25(38-31(19)28(18)33-35-22-9-4-5-10-23(22)36(33)2)17-16-21-32(29)39-27-13-7-12-26-30(27)34(21)20-8-3-6-11-24(20)37-26/h3-17H,1-2H3/p+1. The minimum Gasteiger partial charge on any atom is -0.458 e. The number of rotatable bonds is 1. The van der Waals surface area contributed by atoms with Crippen LogP contribution in [0.2, 0.25) is 0 Å². The largest absolute Gasteiger partial charge is 0.458 e. The highest BCUT2D eigenvalue weighted by Crippen LogP contribution is 2.43. The predicted molar refractivity (Wildman–Crippen MR) is 155 cm³/mol.